The van der Waals surface area contributed by atoms with Gasteiger partial charge in [-0.1, -0.05) is 19.1 Å². The molecule has 2 aromatic carbocycles. The van der Waals surface area contributed by atoms with E-state index < -0.39 is 4.92 Å². The van der Waals surface area contributed by atoms with Gasteiger partial charge >= 0.3 is 0 Å². The molecule has 0 aliphatic rings. The Labute approximate surface area is 130 Å². The van der Waals surface area contributed by atoms with E-state index in [-0.39, 0.29) is 17.2 Å². The first-order valence-corrected chi connectivity index (χ1v) is 7.14. The van der Waals surface area contributed by atoms with E-state index in [4.69, 9.17) is 0 Å². The van der Waals surface area contributed by atoms with Gasteiger partial charge in [0.25, 0.3) is 11.6 Å². The highest BCUT2D eigenvalue weighted by atomic mass is 79.9. The highest BCUT2D eigenvalue weighted by molar-refractivity contribution is 9.10. The molecule has 0 unspecified atom stereocenters. The average molecular weight is 349 g/mol. The van der Waals surface area contributed by atoms with Crippen molar-refractivity contribution in [2.24, 2.45) is 0 Å². The molecule has 6 heteroatoms. The molecular formula is C15H13BrN2O3. The monoisotopic (exact) mass is 348 g/mol. The Morgan fingerprint density at radius 3 is 2.71 bits per heavy atom. The summed E-state index contributed by atoms with van der Waals surface area (Å²) in [4.78, 5) is 22.5. The van der Waals surface area contributed by atoms with E-state index in [1.807, 2.05) is 25.1 Å². The predicted octanol–water partition coefficient (Wildman–Crippen LogP) is 4.17. The van der Waals surface area contributed by atoms with Crippen molar-refractivity contribution in [1.29, 1.82) is 0 Å². The van der Waals surface area contributed by atoms with Crippen LogP contribution in [0.3, 0.4) is 0 Å². The molecule has 108 valence electrons. The van der Waals surface area contributed by atoms with Gasteiger partial charge in [-0.25, -0.2) is 0 Å². The van der Waals surface area contributed by atoms with Gasteiger partial charge in [0, 0.05) is 22.3 Å². The highest BCUT2D eigenvalue weighted by Gasteiger charge is 2.15. The fraction of sp³-hybridized carbons (Fsp3) is 0.133. The third-order valence-electron chi connectivity index (χ3n) is 3.00. The summed E-state index contributed by atoms with van der Waals surface area (Å²) in [7, 11) is 0. The molecule has 0 radical (unpaired) electrons. The van der Waals surface area contributed by atoms with Crippen molar-refractivity contribution in [2.45, 2.75) is 13.3 Å². The van der Waals surface area contributed by atoms with Gasteiger partial charge in [-0.05, 0) is 46.1 Å². The zero-order chi connectivity index (χ0) is 15.4. The molecule has 0 aliphatic carbocycles. The molecule has 0 spiro atoms. The summed E-state index contributed by atoms with van der Waals surface area (Å²) in [6.07, 6.45) is 0.865. The van der Waals surface area contributed by atoms with Crippen LogP contribution < -0.4 is 5.32 Å². The SMILES string of the molecule is CCc1cccc(NC(=O)c2cc([N+](=O)[O-])ccc2Br)c1. The topological polar surface area (TPSA) is 72.2 Å². The van der Waals surface area contributed by atoms with Crippen LogP contribution in [-0.2, 0) is 6.42 Å². The smallest absolute Gasteiger partial charge is 0.270 e. The first-order chi connectivity index (χ1) is 10.0. The maximum Gasteiger partial charge on any atom is 0.270 e. The number of amides is 1. The van der Waals surface area contributed by atoms with E-state index in [0.29, 0.717) is 10.2 Å². The number of nitrogens with one attached hydrogen (secondary N) is 1. The van der Waals surface area contributed by atoms with Gasteiger partial charge in [-0.15, -0.1) is 0 Å². The third-order valence-corrected chi connectivity index (χ3v) is 3.69. The summed E-state index contributed by atoms with van der Waals surface area (Å²) < 4.78 is 0.511. The molecule has 0 fully saturated rings. The van der Waals surface area contributed by atoms with Crippen LogP contribution >= 0.6 is 15.9 Å². The van der Waals surface area contributed by atoms with E-state index in [1.54, 1.807) is 6.07 Å². The average Bonchev–Trinajstić information content (AvgIpc) is 2.47. The minimum absolute atomic E-state index is 0.120. The minimum Gasteiger partial charge on any atom is -0.322 e. The number of halogens is 1. The molecule has 21 heavy (non-hydrogen) atoms. The Morgan fingerprint density at radius 2 is 2.05 bits per heavy atom. The van der Waals surface area contributed by atoms with Crippen LogP contribution in [0.4, 0.5) is 11.4 Å². The van der Waals surface area contributed by atoms with Crippen molar-refractivity contribution in [3.8, 4) is 0 Å². The quantitative estimate of drug-likeness (QED) is 0.665. The summed E-state index contributed by atoms with van der Waals surface area (Å²) >= 11 is 3.24. The van der Waals surface area contributed by atoms with Crippen molar-refractivity contribution in [2.75, 3.05) is 5.32 Å². The molecule has 1 N–H and O–H groups in total. The molecule has 0 saturated heterocycles. The number of hydrogen-bond donors (Lipinski definition) is 1. The van der Waals surface area contributed by atoms with Crippen LogP contribution in [0, 0.1) is 10.1 Å². The third kappa shape index (κ3) is 3.66. The van der Waals surface area contributed by atoms with Crippen LogP contribution in [-0.4, -0.2) is 10.8 Å². The number of aryl methyl sites for hydroxylation is 1. The number of non-ortho nitro benzene ring substituents is 1. The molecule has 0 aromatic heterocycles. The fourth-order valence-electron chi connectivity index (χ4n) is 1.87. The van der Waals surface area contributed by atoms with Crippen LogP contribution in [0.2, 0.25) is 0 Å². The molecule has 5 nitrogen and oxygen atoms in total. The lowest BCUT2D eigenvalue weighted by Crippen LogP contribution is -2.13. The van der Waals surface area contributed by atoms with E-state index in [1.165, 1.54) is 18.2 Å². The van der Waals surface area contributed by atoms with E-state index >= 15 is 0 Å². The highest BCUT2D eigenvalue weighted by Crippen LogP contribution is 2.23. The number of anilines is 1. The van der Waals surface area contributed by atoms with Gasteiger partial charge in [0.15, 0.2) is 0 Å². The van der Waals surface area contributed by atoms with Gasteiger partial charge < -0.3 is 5.32 Å². The normalized spacial score (nSPS) is 10.2. The first-order valence-electron chi connectivity index (χ1n) is 6.35. The second-order valence-electron chi connectivity index (χ2n) is 4.43. The Kier molecular flexibility index (Phi) is 4.70. The molecule has 0 atom stereocenters. The van der Waals surface area contributed by atoms with E-state index in [2.05, 4.69) is 21.2 Å². The minimum atomic E-state index is -0.527. The van der Waals surface area contributed by atoms with Gasteiger partial charge in [0.2, 0.25) is 0 Å². The molecule has 0 aliphatic heterocycles. The predicted molar refractivity (Wildman–Crippen MR) is 84.6 cm³/mol. The van der Waals surface area contributed by atoms with Gasteiger partial charge in [0.05, 0.1) is 10.5 Å². The number of carbonyl (C=O) groups excluding carboxylic acids is 1. The first kappa shape index (κ1) is 15.2. The van der Waals surface area contributed by atoms with Crippen molar-refractivity contribution < 1.29 is 9.72 Å². The maximum atomic E-state index is 12.2. The second-order valence-corrected chi connectivity index (χ2v) is 5.28. The number of nitrogens with zero attached hydrogens (tertiary/aromatic N) is 1. The van der Waals surface area contributed by atoms with Gasteiger partial charge in [-0.3, -0.25) is 14.9 Å². The van der Waals surface area contributed by atoms with Crippen molar-refractivity contribution >= 4 is 33.2 Å². The standard InChI is InChI=1S/C15H13BrN2O3/c1-2-10-4-3-5-11(8-10)17-15(19)13-9-12(18(20)21)6-7-14(13)16/h3-9H,2H2,1H3,(H,17,19). The van der Waals surface area contributed by atoms with Crippen molar-refractivity contribution in [1.82, 2.24) is 0 Å². The van der Waals surface area contributed by atoms with E-state index in [0.717, 1.165) is 12.0 Å². The number of carbonyl (C=O) groups is 1. The fourth-order valence-corrected chi connectivity index (χ4v) is 2.29. The zero-order valence-electron chi connectivity index (χ0n) is 11.3. The zero-order valence-corrected chi connectivity index (χ0v) is 12.9. The van der Waals surface area contributed by atoms with Crippen LogP contribution in [0.1, 0.15) is 22.8 Å². The van der Waals surface area contributed by atoms with Crippen LogP contribution in [0.15, 0.2) is 46.9 Å². The number of hydrogen-bond acceptors (Lipinski definition) is 3. The Hall–Kier alpha value is -2.21. The molecule has 0 saturated carbocycles. The van der Waals surface area contributed by atoms with E-state index in [9.17, 15) is 14.9 Å². The maximum absolute atomic E-state index is 12.2. The number of nitro benzene ring substituents is 1. The number of rotatable bonds is 4. The van der Waals surface area contributed by atoms with Crippen molar-refractivity contribution in [3.63, 3.8) is 0 Å². The largest absolute Gasteiger partial charge is 0.322 e. The number of benzene rings is 2. The molecule has 1 amide bonds. The van der Waals surface area contributed by atoms with Crippen LogP contribution in [0.25, 0.3) is 0 Å². The lowest BCUT2D eigenvalue weighted by molar-refractivity contribution is -0.384. The summed E-state index contributed by atoms with van der Waals surface area (Å²) in [5.74, 6) is -0.390. The Bertz CT molecular complexity index is 701. The lowest BCUT2D eigenvalue weighted by Gasteiger charge is -2.08. The summed E-state index contributed by atoms with van der Waals surface area (Å²) in [6, 6.07) is 11.6. The molecule has 0 bridgehead atoms. The lowest BCUT2D eigenvalue weighted by atomic mass is 10.1. The summed E-state index contributed by atoms with van der Waals surface area (Å²) in [5.41, 5.74) is 1.88. The Balaban J connectivity index is 2.27. The molecule has 0 heterocycles. The Morgan fingerprint density at radius 1 is 1.29 bits per heavy atom. The summed E-state index contributed by atoms with van der Waals surface area (Å²) in [5, 5.41) is 13.5. The van der Waals surface area contributed by atoms with Crippen LogP contribution in [0.5, 0.6) is 0 Å². The molecule has 2 rings (SSSR count). The van der Waals surface area contributed by atoms with Gasteiger partial charge in [-0.2, -0.15) is 0 Å². The molecule has 2 aromatic rings. The summed E-state index contributed by atoms with van der Waals surface area (Å²) in [6.45, 7) is 2.03. The van der Waals surface area contributed by atoms with Gasteiger partial charge in [0.1, 0.15) is 0 Å². The molecular weight excluding hydrogens is 336 g/mol. The van der Waals surface area contributed by atoms with Crippen molar-refractivity contribution in [3.05, 3.63) is 68.2 Å². The second kappa shape index (κ2) is 6.49. The number of nitro groups is 1.